The van der Waals surface area contributed by atoms with Crippen molar-refractivity contribution in [1.82, 2.24) is 20.4 Å². The van der Waals surface area contributed by atoms with E-state index < -0.39 is 41.3 Å². The van der Waals surface area contributed by atoms with E-state index in [2.05, 4.69) is 10.6 Å². The van der Waals surface area contributed by atoms with Crippen LogP contribution < -0.4 is 21.1 Å². The summed E-state index contributed by atoms with van der Waals surface area (Å²) in [6, 6.07) is 10.3. The van der Waals surface area contributed by atoms with Gasteiger partial charge in [-0.3, -0.25) is 15.0 Å². The van der Waals surface area contributed by atoms with Gasteiger partial charge in [-0.25, -0.2) is 9.18 Å². The van der Waals surface area contributed by atoms with E-state index >= 15 is 0 Å². The largest absolute Gasteiger partial charge is 0.488 e. The predicted molar refractivity (Wildman–Crippen MR) is 141 cm³/mol. The first-order valence-electron chi connectivity index (χ1n) is 12.8. The molecule has 2 saturated heterocycles. The summed E-state index contributed by atoms with van der Waals surface area (Å²) in [5, 5.41) is 24.4. The van der Waals surface area contributed by atoms with Crippen LogP contribution in [-0.2, 0) is 19.9 Å². The quantitative estimate of drug-likeness (QED) is 0.215. The number of carboxylic acid groups (broad SMARTS) is 1. The molecule has 39 heavy (non-hydrogen) atoms. The van der Waals surface area contributed by atoms with Crippen LogP contribution in [0.3, 0.4) is 0 Å². The van der Waals surface area contributed by atoms with E-state index in [1.54, 1.807) is 37.3 Å². The summed E-state index contributed by atoms with van der Waals surface area (Å²) in [7, 11) is 0. The van der Waals surface area contributed by atoms with E-state index in [1.807, 2.05) is 0 Å². The first-order chi connectivity index (χ1) is 18.7. The summed E-state index contributed by atoms with van der Waals surface area (Å²) in [5.74, 6) is -2.58. The number of ether oxygens (including phenoxy) is 1. The normalized spacial score (nSPS) is 19.2. The van der Waals surface area contributed by atoms with Crippen LogP contribution in [0.25, 0.3) is 0 Å². The third kappa shape index (κ3) is 5.43. The van der Waals surface area contributed by atoms with Gasteiger partial charge in [-0.15, -0.1) is 0 Å². The molecule has 3 unspecified atom stereocenters. The Morgan fingerprint density at radius 3 is 2.36 bits per heavy atom. The molecule has 0 aliphatic carbocycles. The third-order valence-corrected chi connectivity index (χ3v) is 7.22. The Balaban J connectivity index is 1.98. The fraction of sp³-hybridized carbons (Fsp3) is 0.407. The number of nitrogens with one attached hydrogen (secondary N) is 3. The van der Waals surface area contributed by atoms with Crippen LogP contribution in [0.1, 0.15) is 24.5 Å². The molecular formula is C27H33FN6O5. The number of nitrogens with zero attached hydrogens (tertiary/aromatic N) is 2. The zero-order chi connectivity index (χ0) is 28.2. The highest BCUT2D eigenvalue weighted by Crippen LogP contribution is 2.43. The molecule has 6 N–H and O–H groups in total. The lowest BCUT2D eigenvalue weighted by Gasteiger charge is -2.55. The van der Waals surface area contributed by atoms with Gasteiger partial charge < -0.3 is 36.0 Å². The Morgan fingerprint density at radius 1 is 1.13 bits per heavy atom. The second-order valence-corrected chi connectivity index (χ2v) is 9.52. The van der Waals surface area contributed by atoms with E-state index in [1.165, 1.54) is 28.0 Å². The van der Waals surface area contributed by atoms with Gasteiger partial charge in [0.15, 0.2) is 6.04 Å². The molecule has 12 heteroatoms. The lowest BCUT2D eigenvalue weighted by molar-refractivity contribution is -0.173. The molecule has 2 amide bonds. The van der Waals surface area contributed by atoms with Crippen LogP contribution >= 0.6 is 0 Å². The fourth-order valence-corrected chi connectivity index (χ4v) is 5.55. The van der Waals surface area contributed by atoms with Gasteiger partial charge in [-0.05, 0) is 48.4 Å². The monoisotopic (exact) mass is 540 g/mol. The predicted octanol–water partition coefficient (Wildman–Crippen LogP) is 0.479. The van der Waals surface area contributed by atoms with E-state index in [-0.39, 0.29) is 44.0 Å². The molecule has 2 heterocycles. The van der Waals surface area contributed by atoms with Gasteiger partial charge in [-0.1, -0.05) is 19.1 Å². The van der Waals surface area contributed by atoms with E-state index in [9.17, 15) is 23.9 Å². The Kier molecular flexibility index (Phi) is 8.46. The number of rotatable bonds is 10. The summed E-state index contributed by atoms with van der Waals surface area (Å²) in [5.41, 5.74) is 4.47. The van der Waals surface area contributed by atoms with Crippen LogP contribution in [0.2, 0.25) is 0 Å². The molecule has 0 spiro atoms. The number of carbonyl (C=O) groups excluding carboxylic acids is 2. The number of amides is 2. The SMILES string of the molecule is CCC(Oc1ccc(C(=N)N)cc1)C(c1cccc(F)c1)(C(C(=O)O)N1CCNCC1=O)N1CCNCC1=O. The number of benzene rings is 2. The second kappa shape index (κ2) is 11.8. The molecule has 2 fully saturated rings. The van der Waals surface area contributed by atoms with Gasteiger partial charge in [-0.2, -0.15) is 0 Å². The number of nitrogens with two attached hydrogens (primary N) is 1. The van der Waals surface area contributed by atoms with Crippen molar-refractivity contribution in [2.75, 3.05) is 39.3 Å². The van der Waals surface area contributed by atoms with Crippen LogP contribution in [0.4, 0.5) is 4.39 Å². The first-order valence-corrected chi connectivity index (χ1v) is 12.8. The Bertz CT molecular complexity index is 1240. The lowest BCUT2D eigenvalue weighted by atomic mass is 9.73. The molecule has 11 nitrogen and oxygen atoms in total. The summed E-state index contributed by atoms with van der Waals surface area (Å²) in [6.45, 7) is 2.58. The van der Waals surface area contributed by atoms with Gasteiger partial charge in [0, 0.05) is 31.7 Å². The van der Waals surface area contributed by atoms with E-state index in [0.29, 0.717) is 24.4 Å². The highest BCUT2D eigenvalue weighted by Gasteiger charge is 2.60. The summed E-state index contributed by atoms with van der Waals surface area (Å²) < 4.78 is 21.3. The van der Waals surface area contributed by atoms with Crippen molar-refractivity contribution >= 4 is 23.6 Å². The number of carbonyl (C=O) groups is 3. The minimum atomic E-state index is -1.80. The highest BCUT2D eigenvalue weighted by atomic mass is 19.1. The van der Waals surface area contributed by atoms with E-state index in [4.69, 9.17) is 15.9 Å². The van der Waals surface area contributed by atoms with Crippen LogP contribution in [0.15, 0.2) is 48.5 Å². The zero-order valence-corrected chi connectivity index (χ0v) is 21.7. The lowest BCUT2D eigenvalue weighted by Crippen LogP contribution is -2.74. The number of hydrogen-bond donors (Lipinski definition) is 5. The third-order valence-electron chi connectivity index (χ3n) is 7.22. The molecule has 0 aromatic heterocycles. The summed E-state index contributed by atoms with van der Waals surface area (Å²) >= 11 is 0. The number of halogens is 1. The Morgan fingerprint density at radius 2 is 1.79 bits per heavy atom. The van der Waals surface area contributed by atoms with E-state index in [0.717, 1.165) is 0 Å². The second-order valence-electron chi connectivity index (χ2n) is 9.52. The minimum Gasteiger partial charge on any atom is -0.488 e. The van der Waals surface area contributed by atoms with Crippen LogP contribution in [0.5, 0.6) is 5.75 Å². The molecule has 2 aromatic carbocycles. The molecule has 208 valence electrons. The average Bonchev–Trinajstić information content (AvgIpc) is 2.92. The Labute approximate surface area is 225 Å². The number of aliphatic carboxylic acids is 1. The van der Waals surface area contributed by atoms with Crippen molar-refractivity contribution in [2.24, 2.45) is 5.73 Å². The fourth-order valence-electron chi connectivity index (χ4n) is 5.55. The molecule has 0 saturated carbocycles. The average molecular weight is 541 g/mol. The van der Waals surface area contributed by atoms with Gasteiger partial charge >= 0.3 is 5.97 Å². The molecule has 0 bridgehead atoms. The van der Waals surface area contributed by atoms with Crippen LogP contribution in [0, 0.1) is 11.2 Å². The number of hydrogen-bond acceptors (Lipinski definition) is 7. The number of carboxylic acids is 1. The van der Waals surface area contributed by atoms with Gasteiger partial charge in [0.25, 0.3) is 0 Å². The number of amidine groups is 1. The first kappa shape index (κ1) is 28.0. The smallest absolute Gasteiger partial charge is 0.329 e. The molecule has 2 aliphatic heterocycles. The van der Waals surface area contributed by atoms with Gasteiger partial charge in [0.1, 0.15) is 29.0 Å². The van der Waals surface area contributed by atoms with Crippen molar-refractivity contribution < 1.29 is 28.6 Å². The number of piperazine rings is 2. The number of nitrogen functional groups attached to an aromatic ring is 1. The van der Waals surface area contributed by atoms with Crippen molar-refractivity contribution in [3.05, 3.63) is 65.5 Å². The maximum Gasteiger partial charge on any atom is 0.329 e. The molecule has 0 radical (unpaired) electrons. The summed E-state index contributed by atoms with van der Waals surface area (Å²) in [4.78, 5) is 42.6. The highest BCUT2D eigenvalue weighted by molar-refractivity contribution is 5.95. The van der Waals surface area contributed by atoms with Crippen molar-refractivity contribution in [3.8, 4) is 5.75 Å². The Hall–Kier alpha value is -4.03. The van der Waals surface area contributed by atoms with Crippen LogP contribution in [-0.4, -0.2) is 89.9 Å². The minimum absolute atomic E-state index is 0.0529. The van der Waals surface area contributed by atoms with Crippen molar-refractivity contribution in [1.29, 1.82) is 5.41 Å². The molecule has 2 aromatic rings. The molecular weight excluding hydrogens is 507 g/mol. The zero-order valence-electron chi connectivity index (χ0n) is 21.7. The van der Waals surface area contributed by atoms with Crippen molar-refractivity contribution in [3.63, 3.8) is 0 Å². The van der Waals surface area contributed by atoms with Gasteiger partial charge in [0.05, 0.1) is 13.1 Å². The van der Waals surface area contributed by atoms with Gasteiger partial charge in [0.2, 0.25) is 11.8 Å². The standard InChI is InChI=1S/C27H33FN6O5/c1-2-21(39-20-8-6-17(7-9-20)25(29)30)27(18-4-3-5-19(28)14-18,34-13-11-32-16-23(34)36)24(26(37)38)33-12-10-31-15-22(33)35/h3-9,14,21,24,31-32H,2,10-13,15-16H2,1H3,(H3,29,30)(H,37,38). The maximum absolute atomic E-state index is 14.8. The summed E-state index contributed by atoms with van der Waals surface area (Å²) in [6.07, 6.45) is -0.806. The molecule has 2 aliphatic rings. The molecule has 4 rings (SSSR count). The maximum atomic E-state index is 14.8. The molecule has 3 atom stereocenters. The topological polar surface area (TPSA) is 161 Å². The van der Waals surface area contributed by atoms with Crippen molar-refractivity contribution in [2.45, 2.75) is 31.0 Å².